The van der Waals surface area contributed by atoms with Gasteiger partial charge in [-0.2, -0.15) is 0 Å². The molecule has 28 heavy (non-hydrogen) atoms. The molecule has 0 aromatic carbocycles. The number of carboxylic acid groups (broad SMARTS) is 1. The number of hydrogen-bond donors (Lipinski definition) is 2. The Hall–Kier alpha value is -1.34. The van der Waals surface area contributed by atoms with Gasteiger partial charge in [0, 0.05) is 6.54 Å². The van der Waals surface area contributed by atoms with Gasteiger partial charge < -0.3 is 15.2 Å². The van der Waals surface area contributed by atoms with E-state index in [1.54, 1.807) is 52.9 Å². The van der Waals surface area contributed by atoms with E-state index in [0.29, 0.717) is 17.3 Å². The summed E-state index contributed by atoms with van der Waals surface area (Å²) in [5.74, 6) is 0.290. The molecule has 0 aromatic heterocycles. The highest BCUT2D eigenvalue weighted by Gasteiger charge is 2.67. The topological polar surface area (TPSA) is 95.9 Å². The number of amides is 1. The summed E-state index contributed by atoms with van der Waals surface area (Å²) in [4.78, 5) is 33.7. The van der Waals surface area contributed by atoms with Crippen molar-refractivity contribution in [3.05, 3.63) is 0 Å². The van der Waals surface area contributed by atoms with E-state index in [0.717, 1.165) is 6.54 Å². The van der Waals surface area contributed by atoms with E-state index in [9.17, 15) is 14.4 Å². The van der Waals surface area contributed by atoms with E-state index in [1.807, 2.05) is 0 Å². The number of Topliss-reactive ketones (excluding diaryl/α,β-unsaturated/α-hetero) is 1. The lowest BCUT2D eigenvalue weighted by atomic mass is 9.87. The molecule has 1 saturated heterocycles. The van der Waals surface area contributed by atoms with Crippen LogP contribution < -0.4 is 5.32 Å². The van der Waals surface area contributed by atoms with E-state index >= 15 is 0 Å². The van der Waals surface area contributed by atoms with Gasteiger partial charge in [0.1, 0.15) is 17.4 Å². The van der Waals surface area contributed by atoms with E-state index in [-0.39, 0.29) is 11.8 Å². The monoisotopic (exact) mass is 418 g/mol. The largest absolute Gasteiger partial charge is 0.480 e. The highest BCUT2D eigenvalue weighted by Crippen LogP contribution is 2.65. The van der Waals surface area contributed by atoms with Gasteiger partial charge in [0.25, 0.3) is 0 Å². The van der Waals surface area contributed by atoms with Crippen LogP contribution in [0.4, 0.5) is 4.79 Å². The van der Waals surface area contributed by atoms with Gasteiger partial charge in [-0.1, -0.05) is 34.6 Å². The van der Waals surface area contributed by atoms with Crippen LogP contribution in [0.3, 0.4) is 0 Å². The standard InChI is InChI=1S/C11H21NO4.C9H14ClNO/c1-10(2,3)7(8(13)14)12-9(15)16-11(4,5)6;1-5(12)8-7-6(4-11(8)10)9(7,2)3/h7H,1-6H3,(H,12,15)(H,13,14);6-8H,4H2,1-3H3/t7-;6-,7-,8+/m10/s1. The maximum atomic E-state index is 11.4. The first-order valence-corrected chi connectivity index (χ1v) is 9.88. The van der Waals surface area contributed by atoms with Crippen LogP contribution in [0.1, 0.15) is 62.3 Å². The van der Waals surface area contributed by atoms with E-state index in [2.05, 4.69) is 19.2 Å². The minimum Gasteiger partial charge on any atom is -0.480 e. The zero-order chi connectivity index (χ0) is 22.2. The number of alkyl carbamates (subject to hydrolysis) is 1. The first kappa shape index (κ1) is 24.7. The molecule has 0 aromatic rings. The van der Waals surface area contributed by atoms with Gasteiger partial charge in [-0.3, -0.25) is 4.79 Å². The Kier molecular flexibility index (Phi) is 7.22. The summed E-state index contributed by atoms with van der Waals surface area (Å²) in [7, 11) is 0. The molecule has 1 aliphatic carbocycles. The van der Waals surface area contributed by atoms with Gasteiger partial charge in [-0.25, -0.2) is 14.0 Å². The van der Waals surface area contributed by atoms with E-state index < -0.39 is 29.1 Å². The fraction of sp³-hybridized carbons (Fsp3) is 0.850. The Bertz CT molecular complexity index is 621. The first-order chi connectivity index (χ1) is 12.4. The van der Waals surface area contributed by atoms with Crippen LogP contribution in [0.15, 0.2) is 0 Å². The van der Waals surface area contributed by atoms with Crippen molar-refractivity contribution in [2.75, 3.05) is 6.54 Å². The molecule has 0 unspecified atom stereocenters. The number of carbonyl (C=O) groups is 3. The van der Waals surface area contributed by atoms with Gasteiger partial charge in [0.15, 0.2) is 0 Å². The molecule has 4 atom stereocenters. The highest BCUT2D eigenvalue weighted by molar-refractivity contribution is 6.15. The first-order valence-electron chi connectivity index (χ1n) is 9.54. The molecule has 0 bridgehead atoms. The Morgan fingerprint density at radius 3 is 1.96 bits per heavy atom. The van der Waals surface area contributed by atoms with Gasteiger partial charge in [0.05, 0.1) is 6.04 Å². The number of hydrogen-bond acceptors (Lipinski definition) is 5. The SMILES string of the molecule is CC(=O)[C@@H]1[C@@H]2[C@H](CN1Cl)C2(C)C.CC(C)(C)OC(=O)N[C@H](C(=O)O)C(C)(C)C. The molecule has 2 aliphatic rings. The third-order valence-corrected chi connectivity index (χ3v) is 5.69. The zero-order valence-corrected chi connectivity index (χ0v) is 19.2. The van der Waals surface area contributed by atoms with Crippen LogP contribution >= 0.6 is 11.8 Å². The van der Waals surface area contributed by atoms with Crippen LogP contribution in [0, 0.1) is 22.7 Å². The van der Waals surface area contributed by atoms with Crippen molar-refractivity contribution in [1.82, 2.24) is 9.74 Å². The number of carboxylic acids is 1. The van der Waals surface area contributed by atoms with Gasteiger partial charge in [0.2, 0.25) is 0 Å². The lowest BCUT2D eigenvalue weighted by molar-refractivity contribution is -0.142. The van der Waals surface area contributed by atoms with Gasteiger partial charge in [-0.05, 0) is 62.1 Å². The number of piperidine rings is 1. The fourth-order valence-electron chi connectivity index (χ4n) is 3.76. The molecule has 1 saturated carbocycles. The van der Waals surface area contributed by atoms with Gasteiger partial charge >= 0.3 is 12.1 Å². The average Bonchev–Trinajstić information content (AvgIpc) is 2.80. The van der Waals surface area contributed by atoms with Crippen molar-refractivity contribution in [1.29, 1.82) is 0 Å². The summed E-state index contributed by atoms with van der Waals surface area (Å²) in [6.07, 6.45) is -0.713. The highest BCUT2D eigenvalue weighted by atomic mass is 35.5. The number of aliphatic carboxylic acids is 1. The molecular weight excluding hydrogens is 384 g/mol. The molecule has 2 fully saturated rings. The molecular formula is C20H35ClN2O5. The molecule has 8 heteroatoms. The van der Waals surface area contributed by atoms with Crippen molar-refractivity contribution in [3.8, 4) is 0 Å². The predicted octanol–water partition coefficient (Wildman–Crippen LogP) is 3.70. The number of nitrogens with one attached hydrogen (secondary N) is 1. The number of ketones is 1. The quantitative estimate of drug-likeness (QED) is 0.678. The lowest BCUT2D eigenvalue weighted by Crippen LogP contribution is -2.50. The fourth-order valence-corrected chi connectivity index (χ4v) is 4.17. The lowest BCUT2D eigenvalue weighted by Gasteiger charge is -2.29. The smallest absolute Gasteiger partial charge is 0.408 e. The van der Waals surface area contributed by atoms with Crippen LogP contribution in [0.2, 0.25) is 0 Å². The van der Waals surface area contributed by atoms with E-state index in [1.165, 1.54) is 0 Å². The number of rotatable bonds is 3. The minimum absolute atomic E-state index is 0.0216. The Morgan fingerprint density at radius 1 is 1.18 bits per heavy atom. The summed E-state index contributed by atoms with van der Waals surface area (Å²) in [5, 5.41) is 11.3. The third-order valence-electron chi connectivity index (χ3n) is 5.34. The number of fused-ring (bicyclic) bond motifs is 1. The normalized spacial score (nSPS) is 27.0. The van der Waals surface area contributed by atoms with Crippen molar-refractivity contribution in [2.45, 2.75) is 80.0 Å². The second kappa shape index (κ2) is 8.19. The second-order valence-electron chi connectivity index (χ2n) is 10.4. The number of halogens is 1. The molecule has 7 nitrogen and oxygen atoms in total. The Labute approximate surface area is 173 Å². The molecule has 162 valence electrons. The third kappa shape index (κ3) is 6.08. The summed E-state index contributed by atoms with van der Waals surface area (Å²) < 4.78 is 6.68. The number of ether oxygens (including phenoxy) is 1. The molecule has 0 radical (unpaired) electrons. The molecule has 1 amide bonds. The summed E-state index contributed by atoms with van der Waals surface area (Å²) in [6, 6.07) is -0.992. The number of carbonyl (C=O) groups excluding carboxylic acids is 2. The van der Waals surface area contributed by atoms with Crippen molar-refractivity contribution < 1.29 is 24.2 Å². The van der Waals surface area contributed by atoms with E-state index in [4.69, 9.17) is 21.6 Å². The van der Waals surface area contributed by atoms with Crippen LogP contribution in [0.5, 0.6) is 0 Å². The summed E-state index contributed by atoms with van der Waals surface area (Å²) in [5.41, 5.74) is -0.852. The van der Waals surface area contributed by atoms with Gasteiger partial charge in [-0.15, -0.1) is 0 Å². The predicted molar refractivity (Wildman–Crippen MR) is 108 cm³/mol. The summed E-state index contributed by atoms with van der Waals surface area (Å²) >= 11 is 5.94. The number of nitrogens with zero attached hydrogens (tertiary/aromatic N) is 1. The molecule has 1 aliphatic heterocycles. The maximum absolute atomic E-state index is 11.4. The van der Waals surface area contributed by atoms with Crippen molar-refractivity contribution >= 4 is 29.6 Å². The second-order valence-corrected chi connectivity index (χ2v) is 10.8. The minimum atomic E-state index is -1.07. The molecule has 2 rings (SSSR count). The average molecular weight is 419 g/mol. The molecule has 2 N–H and O–H groups in total. The zero-order valence-electron chi connectivity index (χ0n) is 18.4. The Balaban J connectivity index is 0.000000289. The molecule has 1 heterocycles. The van der Waals surface area contributed by atoms with Crippen LogP contribution in [-0.4, -0.2) is 51.6 Å². The van der Waals surface area contributed by atoms with Crippen LogP contribution in [0.25, 0.3) is 0 Å². The van der Waals surface area contributed by atoms with Crippen molar-refractivity contribution in [3.63, 3.8) is 0 Å². The maximum Gasteiger partial charge on any atom is 0.408 e. The molecule has 0 spiro atoms. The van der Waals surface area contributed by atoms with Crippen molar-refractivity contribution in [2.24, 2.45) is 22.7 Å². The summed E-state index contributed by atoms with van der Waals surface area (Å²) in [6.45, 7) is 17.3. The van der Waals surface area contributed by atoms with Crippen LogP contribution in [-0.2, 0) is 14.3 Å². The Morgan fingerprint density at radius 2 is 1.68 bits per heavy atom.